The quantitative estimate of drug-likeness (QED) is 0.804. The van der Waals surface area contributed by atoms with Crippen LogP contribution < -0.4 is 10.6 Å². The number of aromatic nitrogens is 1. The number of anilines is 1. The summed E-state index contributed by atoms with van der Waals surface area (Å²) in [6, 6.07) is 0.120. The van der Waals surface area contributed by atoms with Crippen LogP contribution in [-0.2, 0) is 0 Å². The fourth-order valence-corrected chi connectivity index (χ4v) is 1.86. The molecule has 2 amide bonds. The van der Waals surface area contributed by atoms with Crippen molar-refractivity contribution in [2.45, 2.75) is 25.8 Å². The Morgan fingerprint density at radius 2 is 2.50 bits per heavy atom. The van der Waals surface area contributed by atoms with E-state index in [9.17, 15) is 4.79 Å². The molecule has 2 rings (SSSR count). The van der Waals surface area contributed by atoms with Crippen LogP contribution in [0.3, 0.4) is 0 Å². The SMILES string of the molecule is C[C@H](NC(=O)Nc1nccs1)C1CC1. The van der Waals surface area contributed by atoms with Crippen LogP contribution >= 0.6 is 11.3 Å². The standard InChI is InChI=1S/C9H13N3OS/c1-6(7-2-3-7)11-8(13)12-9-10-4-5-14-9/h4-7H,2-3H2,1H3,(H2,10,11,12,13)/t6-/m0/s1. The van der Waals surface area contributed by atoms with Gasteiger partial charge in [0.25, 0.3) is 0 Å². The van der Waals surface area contributed by atoms with Crippen molar-refractivity contribution in [3.8, 4) is 0 Å². The topological polar surface area (TPSA) is 54.0 Å². The van der Waals surface area contributed by atoms with Crippen molar-refractivity contribution in [1.29, 1.82) is 0 Å². The van der Waals surface area contributed by atoms with Crippen molar-refractivity contribution < 1.29 is 4.79 Å². The zero-order valence-electron chi connectivity index (χ0n) is 7.99. The van der Waals surface area contributed by atoms with E-state index in [4.69, 9.17) is 0 Å². The Morgan fingerprint density at radius 3 is 3.07 bits per heavy atom. The van der Waals surface area contributed by atoms with Gasteiger partial charge in [-0.15, -0.1) is 11.3 Å². The van der Waals surface area contributed by atoms with E-state index < -0.39 is 0 Å². The van der Waals surface area contributed by atoms with E-state index in [-0.39, 0.29) is 12.1 Å². The maximum absolute atomic E-state index is 11.4. The minimum Gasteiger partial charge on any atom is -0.335 e. The van der Waals surface area contributed by atoms with Gasteiger partial charge in [0.1, 0.15) is 0 Å². The van der Waals surface area contributed by atoms with E-state index in [0.29, 0.717) is 11.0 Å². The van der Waals surface area contributed by atoms with Crippen LogP contribution in [0.15, 0.2) is 11.6 Å². The second-order valence-electron chi connectivity index (χ2n) is 3.56. The van der Waals surface area contributed by atoms with Gasteiger partial charge in [-0.05, 0) is 25.7 Å². The molecule has 0 spiro atoms. The summed E-state index contributed by atoms with van der Waals surface area (Å²) in [6.07, 6.45) is 4.14. The van der Waals surface area contributed by atoms with Crippen molar-refractivity contribution in [2.24, 2.45) is 5.92 Å². The third-order valence-electron chi connectivity index (χ3n) is 2.34. The van der Waals surface area contributed by atoms with Crippen LogP contribution in [0, 0.1) is 5.92 Å². The number of carbonyl (C=O) groups excluding carboxylic acids is 1. The average molecular weight is 211 g/mol. The number of rotatable bonds is 3. The van der Waals surface area contributed by atoms with E-state index in [0.717, 1.165) is 0 Å². The fourth-order valence-electron chi connectivity index (χ4n) is 1.34. The molecule has 1 aliphatic rings. The summed E-state index contributed by atoms with van der Waals surface area (Å²) >= 11 is 1.42. The lowest BCUT2D eigenvalue weighted by Crippen LogP contribution is -2.37. The van der Waals surface area contributed by atoms with Crippen molar-refractivity contribution in [3.05, 3.63) is 11.6 Å². The molecule has 2 N–H and O–H groups in total. The van der Waals surface area contributed by atoms with Gasteiger partial charge in [0, 0.05) is 17.6 Å². The highest BCUT2D eigenvalue weighted by Crippen LogP contribution is 2.32. The number of nitrogens with zero attached hydrogens (tertiary/aromatic N) is 1. The Kier molecular flexibility index (Phi) is 2.67. The predicted molar refractivity (Wildman–Crippen MR) is 56.5 cm³/mol. The zero-order valence-corrected chi connectivity index (χ0v) is 8.80. The third-order valence-corrected chi connectivity index (χ3v) is 3.03. The first-order chi connectivity index (χ1) is 6.75. The zero-order chi connectivity index (χ0) is 9.97. The van der Waals surface area contributed by atoms with Gasteiger partial charge in [-0.25, -0.2) is 9.78 Å². The predicted octanol–water partition coefficient (Wildman–Crippen LogP) is 2.06. The van der Waals surface area contributed by atoms with Crippen LogP contribution in [0.1, 0.15) is 19.8 Å². The Bertz CT molecular complexity index is 308. The summed E-state index contributed by atoms with van der Waals surface area (Å²) in [5.74, 6) is 0.678. The summed E-state index contributed by atoms with van der Waals surface area (Å²) in [6.45, 7) is 2.04. The van der Waals surface area contributed by atoms with Gasteiger partial charge in [0.05, 0.1) is 0 Å². The summed E-state index contributed by atoms with van der Waals surface area (Å²) in [4.78, 5) is 15.4. The van der Waals surface area contributed by atoms with E-state index in [1.54, 1.807) is 6.20 Å². The maximum atomic E-state index is 11.4. The Labute approximate surface area is 86.7 Å². The first kappa shape index (κ1) is 9.45. The molecule has 0 aromatic carbocycles. The lowest BCUT2D eigenvalue weighted by molar-refractivity contribution is 0.248. The highest BCUT2D eigenvalue weighted by atomic mass is 32.1. The number of urea groups is 1. The molecule has 5 heteroatoms. The van der Waals surface area contributed by atoms with Gasteiger partial charge < -0.3 is 5.32 Å². The number of nitrogens with one attached hydrogen (secondary N) is 2. The second-order valence-corrected chi connectivity index (χ2v) is 4.46. The normalized spacial score (nSPS) is 17.5. The molecule has 0 unspecified atom stereocenters. The highest BCUT2D eigenvalue weighted by molar-refractivity contribution is 7.13. The summed E-state index contributed by atoms with van der Waals surface area (Å²) < 4.78 is 0. The molecule has 0 radical (unpaired) electrons. The third kappa shape index (κ3) is 2.45. The van der Waals surface area contributed by atoms with Crippen LogP contribution in [0.25, 0.3) is 0 Å². The summed E-state index contributed by atoms with van der Waals surface area (Å²) in [5.41, 5.74) is 0. The molecule has 1 aliphatic carbocycles. The molecule has 0 bridgehead atoms. The number of hydrogen-bond donors (Lipinski definition) is 2. The van der Waals surface area contributed by atoms with E-state index in [1.165, 1.54) is 24.2 Å². The van der Waals surface area contributed by atoms with Gasteiger partial charge >= 0.3 is 6.03 Å². The molecule has 1 atom stereocenters. The number of carbonyl (C=O) groups is 1. The molecule has 1 aromatic rings. The minimum atomic E-state index is -0.153. The molecule has 1 saturated carbocycles. The first-order valence-corrected chi connectivity index (χ1v) is 5.60. The molecule has 1 aromatic heterocycles. The Balaban J connectivity index is 1.78. The molecule has 1 heterocycles. The van der Waals surface area contributed by atoms with Crippen molar-refractivity contribution in [3.63, 3.8) is 0 Å². The molecular weight excluding hydrogens is 198 g/mol. The van der Waals surface area contributed by atoms with Crippen molar-refractivity contribution >= 4 is 22.5 Å². The van der Waals surface area contributed by atoms with E-state index in [2.05, 4.69) is 15.6 Å². The van der Waals surface area contributed by atoms with Gasteiger partial charge in [0.15, 0.2) is 5.13 Å². The monoisotopic (exact) mass is 211 g/mol. The first-order valence-electron chi connectivity index (χ1n) is 4.72. The van der Waals surface area contributed by atoms with Gasteiger partial charge in [-0.2, -0.15) is 0 Å². The lowest BCUT2D eigenvalue weighted by atomic mass is 10.2. The second kappa shape index (κ2) is 3.96. The number of amides is 2. The minimum absolute atomic E-state index is 0.153. The number of thiazole rings is 1. The molecule has 0 saturated heterocycles. The Hall–Kier alpha value is -1.10. The van der Waals surface area contributed by atoms with Gasteiger partial charge in [-0.3, -0.25) is 5.32 Å². The van der Waals surface area contributed by atoms with Gasteiger partial charge in [0.2, 0.25) is 0 Å². The lowest BCUT2D eigenvalue weighted by Gasteiger charge is -2.12. The molecule has 0 aliphatic heterocycles. The fraction of sp³-hybridized carbons (Fsp3) is 0.556. The van der Waals surface area contributed by atoms with Crippen LogP contribution in [0.2, 0.25) is 0 Å². The van der Waals surface area contributed by atoms with Gasteiger partial charge in [-0.1, -0.05) is 0 Å². The van der Waals surface area contributed by atoms with Crippen molar-refractivity contribution in [1.82, 2.24) is 10.3 Å². The smallest absolute Gasteiger partial charge is 0.321 e. The maximum Gasteiger partial charge on any atom is 0.321 e. The summed E-state index contributed by atoms with van der Waals surface area (Å²) in [5, 5.41) is 8.07. The van der Waals surface area contributed by atoms with Crippen LogP contribution in [0.4, 0.5) is 9.93 Å². The van der Waals surface area contributed by atoms with Crippen molar-refractivity contribution in [2.75, 3.05) is 5.32 Å². The van der Waals surface area contributed by atoms with Crippen LogP contribution in [0.5, 0.6) is 0 Å². The molecular formula is C9H13N3OS. The molecule has 14 heavy (non-hydrogen) atoms. The van der Waals surface area contributed by atoms with Crippen LogP contribution in [-0.4, -0.2) is 17.1 Å². The summed E-state index contributed by atoms with van der Waals surface area (Å²) in [7, 11) is 0. The van der Waals surface area contributed by atoms with E-state index in [1.807, 2.05) is 12.3 Å². The number of hydrogen-bond acceptors (Lipinski definition) is 3. The van der Waals surface area contributed by atoms with E-state index >= 15 is 0 Å². The highest BCUT2D eigenvalue weighted by Gasteiger charge is 2.28. The average Bonchev–Trinajstić information content (AvgIpc) is 2.87. The molecule has 76 valence electrons. The molecule has 4 nitrogen and oxygen atoms in total. The molecule has 1 fully saturated rings. The Morgan fingerprint density at radius 1 is 1.71 bits per heavy atom. The largest absolute Gasteiger partial charge is 0.335 e.